The molecule has 0 unspecified atom stereocenters. The number of thioether (sulfide) groups is 2. The van der Waals surface area contributed by atoms with E-state index in [1.54, 1.807) is 16.3 Å². The van der Waals surface area contributed by atoms with E-state index >= 15 is 0 Å². The van der Waals surface area contributed by atoms with Gasteiger partial charge in [0, 0.05) is 18.2 Å². The fraction of sp³-hybridized carbons (Fsp3) is 0.292. The van der Waals surface area contributed by atoms with Gasteiger partial charge in [0.15, 0.2) is 5.16 Å². The third-order valence-corrected chi connectivity index (χ3v) is 7.25. The van der Waals surface area contributed by atoms with Gasteiger partial charge in [0.25, 0.3) is 5.56 Å². The zero-order chi connectivity index (χ0) is 21.6. The van der Waals surface area contributed by atoms with E-state index in [0.717, 1.165) is 29.0 Å². The lowest BCUT2D eigenvalue weighted by molar-refractivity contribution is -0.118. The highest BCUT2D eigenvalue weighted by atomic mass is 32.2. The van der Waals surface area contributed by atoms with E-state index < -0.39 is 0 Å². The van der Waals surface area contributed by atoms with E-state index in [2.05, 4.69) is 24.4 Å². The van der Waals surface area contributed by atoms with E-state index in [9.17, 15) is 9.59 Å². The van der Waals surface area contributed by atoms with Gasteiger partial charge < -0.3 is 5.32 Å². The molecule has 0 bridgehead atoms. The predicted molar refractivity (Wildman–Crippen MR) is 127 cm³/mol. The van der Waals surface area contributed by atoms with Crippen molar-refractivity contribution in [3.8, 4) is 0 Å². The lowest BCUT2D eigenvalue weighted by Crippen LogP contribution is -2.29. The molecule has 31 heavy (non-hydrogen) atoms. The van der Waals surface area contributed by atoms with Gasteiger partial charge in [-0.2, -0.15) is 0 Å². The number of carbonyl (C=O) groups excluding carboxylic acids is 1. The predicted octanol–water partition coefficient (Wildman–Crippen LogP) is 3.78. The van der Waals surface area contributed by atoms with E-state index in [1.165, 1.54) is 17.3 Å². The van der Waals surface area contributed by atoms with E-state index in [0.29, 0.717) is 23.5 Å². The molecule has 1 amide bonds. The number of amides is 1. The van der Waals surface area contributed by atoms with Crippen LogP contribution in [0.3, 0.4) is 0 Å². The molecule has 1 atom stereocenters. The summed E-state index contributed by atoms with van der Waals surface area (Å²) in [6.07, 6.45) is 1.58. The summed E-state index contributed by atoms with van der Waals surface area (Å²) >= 11 is 2.93. The van der Waals surface area contributed by atoms with Crippen LogP contribution in [0.1, 0.15) is 23.7 Å². The molecule has 2 aromatic carbocycles. The van der Waals surface area contributed by atoms with Gasteiger partial charge in [-0.1, -0.05) is 79.3 Å². The van der Waals surface area contributed by atoms with Gasteiger partial charge in [-0.15, -0.1) is 11.8 Å². The molecule has 1 aliphatic rings. The molecule has 1 N–H and O–H groups in total. The zero-order valence-corrected chi connectivity index (χ0v) is 19.0. The molecular weight excluding hydrogens is 426 g/mol. The van der Waals surface area contributed by atoms with Gasteiger partial charge in [0.05, 0.1) is 22.9 Å². The number of hydrogen-bond acceptors (Lipinski definition) is 5. The smallest absolute Gasteiger partial charge is 0.268 e. The average molecular weight is 452 g/mol. The topological polar surface area (TPSA) is 64.0 Å². The Morgan fingerprint density at radius 2 is 1.81 bits per heavy atom. The summed E-state index contributed by atoms with van der Waals surface area (Å²) in [6, 6.07) is 20.0. The maximum absolute atomic E-state index is 13.2. The van der Waals surface area contributed by atoms with Crippen molar-refractivity contribution < 1.29 is 4.79 Å². The quantitative estimate of drug-likeness (QED) is 0.417. The maximum atomic E-state index is 13.2. The Labute approximate surface area is 190 Å². The van der Waals surface area contributed by atoms with Crippen LogP contribution in [-0.2, 0) is 24.2 Å². The Balaban J connectivity index is 1.45. The van der Waals surface area contributed by atoms with Crippen molar-refractivity contribution in [3.63, 3.8) is 0 Å². The monoisotopic (exact) mass is 451 g/mol. The molecule has 0 fully saturated rings. The van der Waals surface area contributed by atoms with Crippen molar-refractivity contribution in [2.75, 3.05) is 12.3 Å². The first-order valence-corrected chi connectivity index (χ1v) is 12.2. The molecule has 5 nitrogen and oxygen atoms in total. The Bertz CT molecular complexity index is 1100. The van der Waals surface area contributed by atoms with Gasteiger partial charge in [0.1, 0.15) is 0 Å². The zero-order valence-electron chi connectivity index (χ0n) is 17.4. The highest BCUT2D eigenvalue weighted by molar-refractivity contribution is 8.00. The van der Waals surface area contributed by atoms with Crippen LogP contribution in [-0.4, -0.2) is 33.0 Å². The van der Waals surface area contributed by atoms with Crippen LogP contribution in [0.4, 0.5) is 0 Å². The summed E-state index contributed by atoms with van der Waals surface area (Å²) in [6.45, 7) is 3.15. The summed E-state index contributed by atoms with van der Waals surface area (Å²) in [7, 11) is 0. The standard InChI is InChI=1S/C24H25N3O2S2/c1-17-14-20-22(31-17)23(29)27(15-19-10-6-3-7-11-19)24(26-20)30-16-21(28)25-13-12-18-8-4-2-5-9-18/h2-11,17H,12-16H2,1H3,(H,25,28)/t17-/m0/s1. The lowest BCUT2D eigenvalue weighted by atomic mass is 10.1. The van der Waals surface area contributed by atoms with Crippen molar-refractivity contribution in [2.24, 2.45) is 0 Å². The molecule has 1 aromatic heterocycles. The minimum absolute atomic E-state index is 0.00445. The van der Waals surface area contributed by atoms with Gasteiger partial charge in [-0.25, -0.2) is 4.98 Å². The van der Waals surface area contributed by atoms with Gasteiger partial charge >= 0.3 is 0 Å². The Morgan fingerprint density at radius 3 is 2.52 bits per heavy atom. The average Bonchev–Trinajstić information content (AvgIpc) is 3.16. The van der Waals surface area contributed by atoms with Crippen LogP contribution in [0.5, 0.6) is 0 Å². The second-order valence-electron chi connectivity index (χ2n) is 7.55. The first-order valence-electron chi connectivity index (χ1n) is 10.4. The highest BCUT2D eigenvalue weighted by Gasteiger charge is 2.26. The fourth-order valence-corrected chi connectivity index (χ4v) is 5.48. The molecule has 3 aromatic rings. The largest absolute Gasteiger partial charge is 0.355 e. The number of nitrogens with zero attached hydrogens (tertiary/aromatic N) is 2. The number of nitrogens with one attached hydrogen (secondary N) is 1. The first kappa shape index (κ1) is 21.7. The van der Waals surface area contributed by atoms with Gasteiger partial charge in [0.2, 0.25) is 5.91 Å². The SMILES string of the molecule is C[C@H]1Cc2nc(SCC(=O)NCCc3ccccc3)n(Cc3ccccc3)c(=O)c2S1. The van der Waals surface area contributed by atoms with E-state index in [4.69, 9.17) is 4.98 Å². The van der Waals surface area contributed by atoms with Crippen LogP contribution in [0.2, 0.25) is 0 Å². The Kier molecular flexibility index (Phi) is 7.14. The van der Waals surface area contributed by atoms with Crippen LogP contribution < -0.4 is 10.9 Å². The molecule has 0 saturated carbocycles. The summed E-state index contributed by atoms with van der Waals surface area (Å²) < 4.78 is 1.71. The molecule has 0 aliphatic carbocycles. The summed E-state index contributed by atoms with van der Waals surface area (Å²) in [5, 5.41) is 3.93. The molecule has 0 spiro atoms. The number of benzene rings is 2. The first-order chi connectivity index (χ1) is 15.1. The second-order valence-corrected chi connectivity index (χ2v) is 9.95. The summed E-state index contributed by atoms with van der Waals surface area (Å²) in [5.74, 6) is 0.182. The van der Waals surface area contributed by atoms with Crippen LogP contribution in [0.25, 0.3) is 0 Å². The second kappa shape index (κ2) is 10.2. The lowest BCUT2D eigenvalue weighted by Gasteiger charge is -2.14. The van der Waals surface area contributed by atoms with Crippen molar-refractivity contribution in [3.05, 3.63) is 87.8 Å². The summed E-state index contributed by atoms with van der Waals surface area (Å²) in [5.41, 5.74) is 3.09. The minimum Gasteiger partial charge on any atom is -0.355 e. The molecule has 160 valence electrons. The van der Waals surface area contributed by atoms with Crippen molar-refractivity contribution >= 4 is 29.4 Å². The summed E-state index contributed by atoms with van der Waals surface area (Å²) in [4.78, 5) is 31.1. The number of rotatable bonds is 8. The highest BCUT2D eigenvalue weighted by Crippen LogP contribution is 2.34. The molecule has 1 aliphatic heterocycles. The fourth-order valence-electron chi connectivity index (χ4n) is 3.52. The number of aromatic nitrogens is 2. The molecule has 2 heterocycles. The number of hydrogen-bond donors (Lipinski definition) is 1. The third-order valence-electron chi connectivity index (χ3n) is 5.06. The molecule has 7 heteroatoms. The van der Waals surface area contributed by atoms with Gasteiger partial charge in [-0.3, -0.25) is 14.2 Å². The number of carbonyl (C=O) groups is 1. The van der Waals surface area contributed by atoms with Crippen molar-refractivity contribution in [1.29, 1.82) is 0 Å². The maximum Gasteiger partial charge on any atom is 0.268 e. The van der Waals surface area contributed by atoms with E-state index in [-0.39, 0.29) is 17.2 Å². The minimum atomic E-state index is -0.0512. The third kappa shape index (κ3) is 5.60. The number of fused-ring (bicyclic) bond motifs is 1. The van der Waals surface area contributed by atoms with Gasteiger partial charge in [-0.05, 0) is 17.5 Å². The van der Waals surface area contributed by atoms with Crippen LogP contribution >= 0.6 is 23.5 Å². The van der Waals surface area contributed by atoms with Crippen LogP contribution in [0.15, 0.2) is 75.5 Å². The Morgan fingerprint density at radius 1 is 1.13 bits per heavy atom. The normalized spacial score (nSPS) is 14.9. The Hall–Kier alpha value is -2.51. The molecular formula is C24H25N3O2S2. The van der Waals surface area contributed by atoms with Crippen molar-refractivity contribution in [2.45, 2.75) is 41.6 Å². The molecule has 4 rings (SSSR count). The van der Waals surface area contributed by atoms with E-state index in [1.807, 2.05) is 48.5 Å². The van der Waals surface area contributed by atoms with Crippen LogP contribution in [0, 0.1) is 0 Å². The van der Waals surface area contributed by atoms with Crippen molar-refractivity contribution in [1.82, 2.24) is 14.9 Å². The molecule has 0 radical (unpaired) electrons. The molecule has 0 saturated heterocycles.